The fraction of sp³-hybridized carbons (Fsp3) is 0.278. The van der Waals surface area contributed by atoms with Crippen LogP contribution in [0.2, 0.25) is 0 Å². The van der Waals surface area contributed by atoms with Gasteiger partial charge in [0.2, 0.25) is 0 Å². The van der Waals surface area contributed by atoms with E-state index in [-0.39, 0.29) is 18.2 Å². The van der Waals surface area contributed by atoms with Crippen LogP contribution in [0.15, 0.2) is 53.0 Å². The fourth-order valence-corrected chi connectivity index (χ4v) is 3.16. The molecule has 2 atom stereocenters. The summed E-state index contributed by atoms with van der Waals surface area (Å²) in [5, 5.41) is 0. The summed E-state index contributed by atoms with van der Waals surface area (Å²) in [5.74, 6) is 0.767. The summed E-state index contributed by atoms with van der Waals surface area (Å²) in [6.07, 6.45) is -0.533. The molecule has 1 saturated heterocycles. The molecule has 4 nitrogen and oxygen atoms in total. The lowest BCUT2D eigenvalue weighted by molar-refractivity contribution is 0.130. The van der Waals surface area contributed by atoms with Crippen LogP contribution in [0.25, 0.3) is 0 Å². The number of benzene rings is 2. The Morgan fingerprint density at radius 1 is 1.22 bits per heavy atom. The molecule has 1 aliphatic rings. The Balaban J connectivity index is 1.82. The van der Waals surface area contributed by atoms with Crippen molar-refractivity contribution in [3.05, 3.63) is 64.1 Å². The standard InChI is InChI=1S/C18H18BrNO3/c1-12-17(13-6-4-3-5-7-13)23-18(21)20(12)11-14-10-15(22-2)8-9-16(14)19/h3-10,12,17H,11H2,1-2H3/t12-,17?/m0/s1. The molecular formula is C18H18BrNO3. The van der Waals surface area contributed by atoms with Crippen molar-refractivity contribution in [2.24, 2.45) is 0 Å². The molecule has 2 aromatic carbocycles. The molecule has 5 heteroatoms. The predicted molar refractivity (Wildman–Crippen MR) is 91.4 cm³/mol. The second-order valence-electron chi connectivity index (χ2n) is 5.54. The topological polar surface area (TPSA) is 38.8 Å². The molecule has 0 aliphatic carbocycles. The zero-order chi connectivity index (χ0) is 16.4. The highest BCUT2D eigenvalue weighted by Gasteiger charge is 2.39. The smallest absolute Gasteiger partial charge is 0.411 e. The first-order chi connectivity index (χ1) is 11.1. The first-order valence-electron chi connectivity index (χ1n) is 7.44. The van der Waals surface area contributed by atoms with E-state index in [0.29, 0.717) is 6.54 Å². The monoisotopic (exact) mass is 375 g/mol. The van der Waals surface area contributed by atoms with Gasteiger partial charge in [0.25, 0.3) is 0 Å². The highest BCUT2D eigenvalue weighted by atomic mass is 79.9. The maximum atomic E-state index is 12.3. The summed E-state index contributed by atoms with van der Waals surface area (Å²) in [6.45, 7) is 2.48. The first-order valence-corrected chi connectivity index (χ1v) is 8.24. The molecule has 0 N–H and O–H groups in total. The number of amides is 1. The van der Waals surface area contributed by atoms with Gasteiger partial charge in [-0.1, -0.05) is 46.3 Å². The number of carbonyl (C=O) groups excluding carboxylic acids is 1. The third-order valence-corrected chi connectivity index (χ3v) is 4.89. The van der Waals surface area contributed by atoms with Gasteiger partial charge in [-0.25, -0.2) is 4.79 Å². The van der Waals surface area contributed by atoms with Gasteiger partial charge < -0.3 is 9.47 Å². The van der Waals surface area contributed by atoms with Gasteiger partial charge in [-0.3, -0.25) is 4.90 Å². The second kappa shape index (κ2) is 6.62. The Labute approximate surface area is 144 Å². The van der Waals surface area contributed by atoms with E-state index in [2.05, 4.69) is 15.9 Å². The van der Waals surface area contributed by atoms with E-state index >= 15 is 0 Å². The Hall–Kier alpha value is -2.01. The summed E-state index contributed by atoms with van der Waals surface area (Å²) in [7, 11) is 1.63. The van der Waals surface area contributed by atoms with Crippen molar-refractivity contribution in [2.45, 2.75) is 25.6 Å². The third-order valence-electron chi connectivity index (χ3n) is 4.11. The van der Waals surface area contributed by atoms with Crippen LogP contribution in [0.1, 0.15) is 24.2 Å². The minimum atomic E-state index is -0.291. The van der Waals surface area contributed by atoms with Gasteiger partial charge in [0.05, 0.1) is 19.7 Å². The molecule has 1 unspecified atom stereocenters. The summed E-state index contributed by atoms with van der Waals surface area (Å²) in [5.41, 5.74) is 2.00. The third kappa shape index (κ3) is 3.20. The van der Waals surface area contributed by atoms with E-state index in [0.717, 1.165) is 21.3 Å². The number of hydrogen-bond acceptors (Lipinski definition) is 3. The molecule has 0 radical (unpaired) electrons. The SMILES string of the molecule is COc1ccc(Br)c(CN2C(=O)OC(c3ccccc3)[C@@H]2C)c1. The largest absolute Gasteiger partial charge is 0.497 e. The summed E-state index contributed by atoms with van der Waals surface area (Å²) < 4.78 is 11.8. The van der Waals surface area contributed by atoms with Gasteiger partial charge in [0.15, 0.2) is 0 Å². The van der Waals surface area contributed by atoms with E-state index < -0.39 is 0 Å². The van der Waals surface area contributed by atoms with Gasteiger partial charge in [-0.05, 0) is 36.2 Å². The lowest BCUT2D eigenvalue weighted by Gasteiger charge is -2.21. The molecule has 1 aliphatic heterocycles. The quantitative estimate of drug-likeness (QED) is 0.787. The Morgan fingerprint density at radius 2 is 1.96 bits per heavy atom. The van der Waals surface area contributed by atoms with E-state index in [1.54, 1.807) is 12.0 Å². The maximum absolute atomic E-state index is 12.3. The van der Waals surface area contributed by atoms with Crippen LogP contribution >= 0.6 is 15.9 Å². The number of carbonyl (C=O) groups is 1. The van der Waals surface area contributed by atoms with E-state index in [1.807, 2.05) is 55.5 Å². The normalized spacial score (nSPS) is 20.5. The zero-order valence-corrected chi connectivity index (χ0v) is 14.6. The lowest BCUT2D eigenvalue weighted by Crippen LogP contribution is -2.31. The van der Waals surface area contributed by atoms with Crippen LogP contribution in [-0.2, 0) is 11.3 Å². The molecular weight excluding hydrogens is 358 g/mol. The Kier molecular flexibility index (Phi) is 4.57. The van der Waals surface area contributed by atoms with Crippen LogP contribution in [0.4, 0.5) is 4.79 Å². The maximum Gasteiger partial charge on any atom is 0.411 e. The molecule has 1 amide bonds. The molecule has 1 heterocycles. The number of rotatable bonds is 4. The van der Waals surface area contributed by atoms with Crippen molar-refractivity contribution in [3.8, 4) is 5.75 Å². The number of hydrogen-bond donors (Lipinski definition) is 0. The van der Waals surface area contributed by atoms with Gasteiger partial charge in [-0.2, -0.15) is 0 Å². The van der Waals surface area contributed by atoms with Crippen LogP contribution in [0, 0.1) is 0 Å². The highest BCUT2D eigenvalue weighted by Crippen LogP contribution is 2.34. The number of nitrogens with zero attached hydrogens (tertiary/aromatic N) is 1. The zero-order valence-electron chi connectivity index (χ0n) is 13.0. The van der Waals surface area contributed by atoms with Crippen molar-refractivity contribution >= 4 is 22.0 Å². The molecule has 3 rings (SSSR count). The van der Waals surface area contributed by atoms with Crippen LogP contribution < -0.4 is 4.74 Å². The number of cyclic esters (lactones) is 1. The van der Waals surface area contributed by atoms with Gasteiger partial charge in [-0.15, -0.1) is 0 Å². The van der Waals surface area contributed by atoms with Crippen LogP contribution in [-0.4, -0.2) is 24.1 Å². The van der Waals surface area contributed by atoms with E-state index in [9.17, 15) is 4.79 Å². The molecule has 2 aromatic rings. The Bertz CT molecular complexity index is 705. The lowest BCUT2D eigenvalue weighted by atomic mass is 10.0. The van der Waals surface area contributed by atoms with Crippen molar-refractivity contribution in [1.29, 1.82) is 0 Å². The van der Waals surface area contributed by atoms with Gasteiger partial charge in [0.1, 0.15) is 11.9 Å². The van der Waals surface area contributed by atoms with E-state index in [1.165, 1.54) is 0 Å². The first kappa shape index (κ1) is 15.9. The van der Waals surface area contributed by atoms with Gasteiger partial charge >= 0.3 is 6.09 Å². The van der Waals surface area contributed by atoms with Crippen molar-refractivity contribution in [1.82, 2.24) is 4.90 Å². The molecule has 120 valence electrons. The molecule has 0 aromatic heterocycles. The van der Waals surface area contributed by atoms with Crippen LogP contribution in [0.3, 0.4) is 0 Å². The summed E-state index contributed by atoms with van der Waals surface area (Å²) in [4.78, 5) is 14.0. The average molecular weight is 376 g/mol. The summed E-state index contributed by atoms with van der Waals surface area (Å²) >= 11 is 3.53. The minimum absolute atomic E-state index is 0.0389. The van der Waals surface area contributed by atoms with Crippen molar-refractivity contribution in [3.63, 3.8) is 0 Å². The number of halogens is 1. The van der Waals surface area contributed by atoms with Crippen molar-refractivity contribution < 1.29 is 14.3 Å². The molecule has 0 spiro atoms. The number of ether oxygens (including phenoxy) is 2. The number of methoxy groups -OCH3 is 1. The fourth-order valence-electron chi connectivity index (χ4n) is 2.79. The molecule has 0 saturated carbocycles. The Morgan fingerprint density at radius 3 is 2.65 bits per heavy atom. The van der Waals surface area contributed by atoms with E-state index in [4.69, 9.17) is 9.47 Å². The molecule has 1 fully saturated rings. The second-order valence-corrected chi connectivity index (χ2v) is 6.40. The minimum Gasteiger partial charge on any atom is -0.497 e. The van der Waals surface area contributed by atoms with Crippen LogP contribution in [0.5, 0.6) is 5.75 Å². The summed E-state index contributed by atoms with van der Waals surface area (Å²) in [6, 6.07) is 15.5. The predicted octanol–water partition coefficient (Wildman–Crippen LogP) is 4.54. The molecule has 23 heavy (non-hydrogen) atoms. The molecule has 0 bridgehead atoms. The van der Waals surface area contributed by atoms with Gasteiger partial charge in [0, 0.05) is 4.47 Å². The average Bonchev–Trinajstić information content (AvgIpc) is 2.85. The van der Waals surface area contributed by atoms with Crippen molar-refractivity contribution in [2.75, 3.05) is 7.11 Å². The highest BCUT2D eigenvalue weighted by molar-refractivity contribution is 9.10.